The molecule has 0 saturated heterocycles. The van der Waals surface area contributed by atoms with Crippen molar-refractivity contribution in [2.24, 2.45) is 0 Å². The summed E-state index contributed by atoms with van der Waals surface area (Å²) in [4.78, 5) is 0. The monoisotopic (exact) mass is 293 g/mol. The van der Waals surface area contributed by atoms with Crippen molar-refractivity contribution in [3.05, 3.63) is 52.5 Å². The van der Waals surface area contributed by atoms with Crippen molar-refractivity contribution in [3.63, 3.8) is 0 Å². The lowest BCUT2D eigenvalue weighted by Crippen LogP contribution is -1.97. The third-order valence-electron chi connectivity index (χ3n) is 2.31. The summed E-state index contributed by atoms with van der Waals surface area (Å²) >= 11 is 3.43. The zero-order valence-corrected chi connectivity index (χ0v) is 10.6. The molecule has 0 bridgehead atoms. The van der Waals surface area contributed by atoms with E-state index in [0.29, 0.717) is 18.0 Å². The number of hydrogen-bond donors (Lipinski definition) is 2. The number of phenols is 1. The minimum atomic E-state index is 0.228. The van der Waals surface area contributed by atoms with Crippen LogP contribution in [0.4, 0.5) is 5.69 Å². The van der Waals surface area contributed by atoms with Crippen LogP contribution in [0.3, 0.4) is 0 Å². The Bertz CT molecular complexity index is 511. The summed E-state index contributed by atoms with van der Waals surface area (Å²) in [5.41, 5.74) is 7.39. The van der Waals surface area contributed by atoms with Crippen molar-refractivity contribution in [1.82, 2.24) is 0 Å². The highest BCUT2D eigenvalue weighted by Crippen LogP contribution is 2.22. The third-order valence-corrected chi connectivity index (χ3v) is 3.05. The highest BCUT2D eigenvalue weighted by molar-refractivity contribution is 9.10. The minimum Gasteiger partial charge on any atom is -0.508 e. The second kappa shape index (κ2) is 5.10. The summed E-state index contributed by atoms with van der Waals surface area (Å²) in [7, 11) is 0. The number of halogens is 1. The molecule has 0 aliphatic rings. The number of rotatable bonds is 3. The number of hydrogen-bond acceptors (Lipinski definition) is 3. The molecule has 0 unspecified atom stereocenters. The maximum Gasteiger partial charge on any atom is 0.120 e. The molecular weight excluding hydrogens is 282 g/mol. The Labute approximate surface area is 108 Å². The number of benzene rings is 2. The molecule has 3 N–H and O–H groups in total. The molecule has 0 amide bonds. The topological polar surface area (TPSA) is 55.5 Å². The molecule has 2 aromatic carbocycles. The highest BCUT2D eigenvalue weighted by Gasteiger charge is 2.01. The number of nitrogens with two attached hydrogens (primary N) is 1. The van der Waals surface area contributed by atoms with E-state index in [9.17, 15) is 0 Å². The standard InChI is InChI=1S/C13H12BrNO2/c14-13-7-10(15)2-1-9(13)8-17-12-5-3-11(16)4-6-12/h1-7,16H,8,15H2. The van der Waals surface area contributed by atoms with E-state index in [0.717, 1.165) is 10.0 Å². The van der Waals surface area contributed by atoms with Crippen molar-refractivity contribution in [2.75, 3.05) is 5.73 Å². The third kappa shape index (κ3) is 3.14. The van der Waals surface area contributed by atoms with E-state index < -0.39 is 0 Å². The predicted octanol–water partition coefficient (Wildman–Crippen LogP) is 3.32. The molecule has 2 rings (SSSR count). The lowest BCUT2D eigenvalue weighted by molar-refractivity contribution is 0.305. The Morgan fingerprint density at radius 3 is 2.47 bits per heavy atom. The van der Waals surface area contributed by atoms with Gasteiger partial charge in [-0.1, -0.05) is 22.0 Å². The van der Waals surface area contributed by atoms with E-state index >= 15 is 0 Å². The smallest absolute Gasteiger partial charge is 0.120 e. The number of aromatic hydroxyl groups is 1. The van der Waals surface area contributed by atoms with Gasteiger partial charge >= 0.3 is 0 Å². The van der Waals surface area contributed by atoms with Gasteiger partial charge in [-0.15, -0.1) is 0 Å². The molecule has 88 valence electrons. The van der Waals surface area contributed by atoms with E-state index in [4.69, 9.17) is 15.6 Å². The molecule has 0 spiro atoms. The summed E-state index contributed by atoms with van der Waals surface area (Å²) in [5.74, 6) is 0.942. The lowest BCUT2D eigenvalue weighted by Gasteiger charge is -2.08. The quantitative estimate of drug-likeness (QED) is 0.854. The summed E-state index contributed by atoms with van der Waals surface area (Å²) in [6.45, 7) is 0.450. The Kier molecular flexibility index (Phi) is 3.54. The average Bonchev–Trinajstić information content (AvgIpc) is 2.30. The van der Waals surface area contributed by atoms with E-state index in [-0.39, 0.29) is 5.75 Å². The van der Waals surface area contributed by atoms with Gasteiger partial charge in [0.25, 0.3) is 0 Å². The van der Waals surface area contributed by atoms with Crippen LogP contribution in [0.5, 0.6) is 11.5 Å². The molecule has 0 radical (unpaired) electrons. The fraction of sp³-hybridized carbons (Fsp3) is 0.0769. The van der Waals surface area contributed by atoms with Crippen LogP contribution in [0.1, 0.15) is 5.56 Å². The fourth-order valence-electron chi connectivity index (χ4n) is 1.38. The fourth-order valence-corrected chi connectivity index (χ4v) is 1.90. The first-order valence-corrected chi connectivity index (χ1v) is 5.90. The summed E-state index contributed by atoms with van der Waals surface area (Å²) in [6.07, 6.45) is 0. The molecule has 0 fully saturated rings. The molecule has 4 heteroatoms. The average molecular weight is 294 g/mol. The minimum absolute atomic E-state index is 0.228. The normalized spacial score (nSPS) is 10.2. The van der Waals surface area contributed by atoms with E-state index in [2.05, 4.69) is 15.9 Å². The van der Waals surface area contributed by atoms with Crippen LogP contribution >= 0.6 is 15.9 Å². The summed E-state index contributed by atoms with van der Waals surface area (Å²) in [6, 6.07) is 12.2. The first kappa shape index (κ1) is 11.8. The molecule has 0 aliphatic carbocycles. The van der Waals surface area contributed by atoms with Gasteiger partial charge in [0.05, 0.1) is 0 Å². The predicted molar refractivity (Wildman–Crippen MR) is 71.0 cm³/mol. The Hall–Kier alpha value is -1.68. The largest absolute Gasteiger partial charge is 0.508 e. The molecular formula is C13H12BrNO2. The number of ether oxygens (including phenoxy) is 1. The molecule has 17 heavy (non-hydrogen) atoms. The van der Waals surface area contributed by atoms with Gasteiger partial charge in [-0.05, 0) is 36.4 Å². The second-order valence-corrected chi connectivity index (χ2v) is 4.49. The summed E-state index contributed by atoms with van der Waals surface area (Å²) in [5, 5.41) is 9.14. The summed E-state index contributed by atoms with van der Waals surface area (Å²) < 4.78 is 6.51. The Balaban J connectivity index is 2.04. The molecule has 0 heterocycles. The van der Waals surface area contributed by atoms with Gasteiger partial charge in [0.15, 0.2) is 0 Å². The Morgan fingerprint density at radius 2 is 1.82 bits per heavy atom. The van der Waals surface area contributed by atoms with E-state index in [1.807, 2.05) is 18.2 Å². The Morgan fingerprint density at radius 1 is 1.12 bits per heavy atom. The molecule has 0 aliphatic heterocycles. The lowest BCUT2D eigenvalue weighted by atomic mass is 10.2. The number of nitrogen functional groups attached to an aromatic ring is 1. The maximum absolute atomic E-state index is 9.14. The van der Waals surface area contributed by atoms with Crippen molar-refractivity contribution >= 4 is 21.6 Å². The van der Waals surface area contributed by atoms with Crippen LogP contribution in [-0.2, 0) is 6.61 Å². The van der Waals surface area contributed by atoms with Gasteiger partial charge < -0.3 is 15.6 Å². The van der Waals surface area contributed by atoms with Crippen LogP contribution < -0.4 is 10.5 Å². The molecule has 2 aromatic rings. The first-order chi connectivity index (χ1) is 8.15. The van der Waals surface area contributed by atoms with Crippen molar-refractivity contribution in [3.8, 4) is 11.5 Å². The second-order valence-electron chi connectivity index (χ2n) is 3.63. The van der Waals surface area contributed by atoms with Gasteiger partial charge in [0.1, 0.15) is 18.1 Å². The maximum atomic E-state index is 9.14. The van der Waals surface area contributed by atoms with Crippen LogP contribution in [0.15, 0.2) is 46.9 Å². The van der Waals surface area contributed by atoms with Crippen molar-refractivity contribution in [1.29, 1.82) is 0 Å². The van der Waals surface area contributed by atoms with E-state index in [1.54, 1.807) is 24.3 Å². The van der Waals surface area contributed by atoms with Crippen LogP contribution in [-0.4, -0.2) is 5.11 Å². The zero-order chi connectivity index (χ0) is 12.3. The highest BCUT2D eigenvalue weighted by atomic mass is 79.9. The molecule has 0 atom stereocenters. The van der Waals surface area contributed by atoms with E-state index in [1.165, 1.54) is 0 Å². The van der Waals surface area contributed by atoms with Gasteiger partial charge in [-0.3, -0.25) is 0 Å². The number of anilines is 1. The van der Waals surface area contributed by atoms with Gasteiger partial charge in [-0.25, -0.2) is 0 Å². The zero-order valence-electron chi connectivity index (χ0n) is 9.06. The molecule has 3 nitrogen and oxygen atoms in total. The van der Waals surface area contributed by atoms with Crippen LogP contribution in [0, 0.1) is 0 Å². The SMILES string of the molecule is Nc1ccc(COc2ccc(O)cc2)c(Br)c1. The number of phenolic OH excluding ortho intramolecular Hbond substituents is 1. The van der Waals surface area contributed by atoms with Crippen LogP contribution in [0.2, 0.25) is 0 Å². The van der Waals surface area contributed by atoms with Crippen LogP contribution in [0.25, 0.3) is 0 Å². The van der Waals surface area contributed by atoms with Crippen molar-refractivity contribution in [2.45, 2.75) is 6.61 Å². The van der Waals surface area contributed by atoms with Gasteiger partial charge in [-0.2, -0.15) is 0 Å². The van der Waals surface area contributed by atoms with Gasteiger partial charge in [0, 0.05) is 15.7 Å². The first-order valence-electron chi connectivity index (χ1n) is 5.11. The van der Waals surface area contributed by atoms with Gasteiger partial charge in [0.2, 0.25) is 0 Å². The molecule has 0 aromatic heterocycles. The molecule has 0 saturated carbocycles. The van der Waals surface area contributed by atoms with Crippen molar-refractivity contribution < 1.29 is 9.84 Å².